The summed E-state index contributed by atoms with van der Waals surface area (Å²) in [7, 11) is 1.00. The summed E-state index contributed by atoms with van der Waals surface area (Å²) in [5.41, 5.74) is 22.1. The van der Waals surface area contributed by atoms with E-state index in [1.807, 2.05) is 160 Å². The number of aliphatic hydroxyl groups excluding tert-OH is 1. The molecule has 8 saturated heterocycles. The standard InChI is InChI=1S/C24H29N3O3.C24H27N3O2.2C13H14N2O.C11H14N2O.C11H13NO2.C8H14N2O4.CH4O.CH4/c25-24(29)18-6-5-8-20(16-18)26-14-3-1-7-21(26)17-30-22-12-10-19(11-13-22)27-15-4-2-9-23(27)28;25-17-19-6-5-8-21(16-19)26-14-3-1-7-22(26)18-29-23-12-10-20(11-13-23)27-15-4-2-9-24(27)28;2*14-9-11-4-3-6-12(8-11)15-7-2-1-5-13(15)10-16;12-9-4-6-10(7-5-9)13-8-2-1-3-11(13)14;13-10-6-4-9(5-7-10)12-8-2-1-3-11(12)14;1-5(2)13-7(11)9-10-8(12)14-6(3)4;1-2;/h5-6,8,10-13,16,21H,1-4,7,9,14-15,17H2,(H2,25,29);5-6,8,10-13,16,22H,1-4,7,9,14-15,18H2;2*3-4,6,8,10,13H,1-2,5,7H2;4-7H,1-3,8,12H2;4-7,13H,1-3,8H2;5-6H,1-4H3;2H,1H3;1H4. The summed E-state index contributed by atoms with van der Waals surface area (Å²) in [5, 5.41) is 49.0. The van der Waals surface area contributed by atoms with Crippen LogP contribution in [0.1, 0.15) is 216 Å². The van der Waals surface area contributed by atoms with E-state index in [-0.39, 0.29) is 67.1 Å². The summed E-state index contributed by atoms with van der Waals surface area (Å²) in [6.45, 7) is 14.8. The van der Waals surface area contributed by atoms with Gasteiger partial charge in [0.1, 0.15) is 43.0 Å². The second kappa shape index (κ2) is 57.4. The number of benzene rings is 8. The largest absolute Gasteiger partial charge is 0.508 e. The number of hydrogen-bond acceptors (Lipinski definition) is 23. The zero-order chi connectivity index (χ0) is 96.8. The van der Waals surface area contributed by atoms with Crippen LogP contribution in [0, 0.1) is 34.0 Å². The number of phenols is 1. The van der Waals surface area contributed by atoms with Gasteiger partial charge in [-0.15, -0.1) is 0 Å². The highest BCUT2D eigenvalue weighted by atomic mass is 16.6. The molecule has 8 aromatic carbocycles. The average Bonchev–Trinajstić information content (AvgIpc) is 0.847. The third-order valence-corrected chi connectivity index (χ3v) is 23.8. The van der Waals surface area contributed by atoms with Crippen molar-refractivity contribution in [2.45, 2.75) is 226 Å². The fourth-order valence-electron chi connectivity index (χ4n) is 16.9. The first-order chi connectivity index (χ1) is 65.5. The van der Waals surface area contributed by atoms with Gasteiger partial charge in [0.05, 0.1) is 71.3 Å². The first-order valence-corrected chi connectivity index (χ1v) is 47.0. The molecule has 30 nitrogen and oxygen atoms in total. The Morgan fingerprint density at radius 1 is 0.397 bits per heavy atom. The van der Waals surface area contributed by atoms with Crippen LogP contribution in [0.15, 0.2) is 204 Å². The molecule has 8 aromatic rings. The second-order valence-corrected chi connectivity index (χ2v) is 34.2. The maximum Gasteiger partial charge on any atom is 0.452 e. The molecular weight excluding hydrogens is 1720 g/mol. The van der Waals surface area contributed by atoms with Crippen LogP contribution >= 0.6 is 0 Å². The van der Waals surface area contributed by atoms with Crippen LogP contribution in [0.5, 0.6) is 17.2 Å². The van der Waals surface area contributed by atoms with Crippen LogP contribution in [-0.4, -0.2) is 174 Å². The molecule has 0 spiro atoms. The SMILES string of the molecule is C.CC(C)OC(=O)N=NC(=O)OC(C)C.CO.N#Cc1cccc(N2CCCCC2C=O)c1.N#Cc1cccc(N2CCCCC2C=O)c1.N#Cc1cccc(N2CCCCC2COc2ccc(N3CCCCC3=O)cc2)c1.NC(=O)c1cccc(N2CCCCC2COc2ccc(N3CCCCC3=O)cc2)c1.Nc1ccc(N2CCCCC2=O)cc1.O=C1CCCCN1c1ccc(O)cc1. The molecule has 4 atom stereocenters. The van der Waals surface area contributed by atoms with E-state index >= 15 is 0 Å². The van der Waals surface area contributed by atoms with E-state index in [9.17, 15) is 48.4 Å². The van der Waals surface area contributed by atoms with E-state index in [1.165, 1.54) is 6.42 Å². The Balaban J connectivity index is 0.000000199. The lowest BCUT2D eigenvalue weighted by Crippen LogP contribution is -2.43. The summed E-state index contributed by atoms with van der Waals surface area (Å²) in [6.07, 6.45) is 23.5. The minimum Gasteiger partial charge on any atom is -0.508 e. The zero-order valence-corrected chi connectivity index (χ0v) is 78.3. The van der Waals surface area contributed by atoms with Gasteiger partial charge in [0.2, 0.25) is 29.5 Å². The molecular formula is C106H133N15O15. The van der Waals surface area contributed by atoms with Gasteiger partial charge in [-0.1, -0.05) is 41.9 Å². The number of carbonyl (C=O) groups is 9. The van der Waals surface area contributed by atoms with Crippen LogP contribution < -0.4 is 60.1 Å². The van der Waals surface area contributed by atoms with Crippen molar-refractivity contribution in [3.05, 3.63) is 216 Å². The molecule has 8 aliphatic heterocycles. The van der Waals surface area contributed by atoms with E-state index in [4.69, 9.17) is 41.7 Å². The minimum atomic E-state index is -0.902. The number of amides is 7. The smallest absolute Gasteiger partial charge is 0.452 e. The monoisotopic (exact) mass is 1860 g/mol. The normalized spacial score (nSPS) is 18.0. The molecule has 6 N–H and O–H groups in total. The van der Waals surface area contributed by atoms with E-state index in [1.54, 1.807) is 75.1 Å². The lowest BCUT2D eigenvalue weighted by atomic mass is 10.0. The minimum absolute atomic E-state index is 0. The van der Waals surface area contributed by atoms with Gasteiger partial charge in [-0.3, -0.25) is 24.0 Å². The number of ether oxygens (including phenoxy) is 4. The van der Waals surface area contributed by atoms with E-state index in [0.29, 0.717) is 67.2 Å². The predicted octanol–water partition coefficient (Wildman–Crippen LogP) is 19.0. The Labute approximate surface area is 800 Å². The van der Waals surface area contributed by atoms with Crippen molar-refractivity contribution >= 4 is 105 Å². The van der Waals surface area contributed by atoms with Gasteiger partial charge in [-0.2, -0.15) is 15.8 Å². The first-order valence-electron chi connectivity index (χ1n) is 47.0. The fraction of sp³-hybridized carbons (Fsp3) is 0.434. The van der Waals surface area contributed by atoms with Crippen molar-refractivity contribution < 1.29 is 72.3 Å². The van der Waals surface area contributed by atoms with Gasteiger partial charge < -0.3 is 89.4 Å². The number of aromatic hydroxyl groups is 1. The van der Waals surface area contributed by atoms with Crippen LogP contribution in [0.3, 0.4) is 0 Å². The molecule has 8 fully saturated rings. The van der Waals surface area contributed by atoms with Gasteiger partial charge >= 0.3 is 12.2 Å². The maximum absolute atomic E-state index is 12.1. The molecule has 0 bridgehead atoms. The molecule has 136 heavy (non-hydrogen) atoms. The summed E-state index contributed by atoms with van der Waals surface area (Å²) in [6, 6.07) is 67.1. The predicted molar refractivity (Wildman–Crippen MR) is 531 cm³/mol. The number of azo groups is 1. The van der Waals surface area contributed by atoms with Gasteiger partial charge in [0.15, 0.2) is 0 Å². The number of aliphatic hydroxyl groups is 1. The Bertz CT molecular complexity index is 5120. The molecule has 7 amide bonds. The summed E-state index contributed by atoms with van der Waals surface area (Å²) >= 11 is 0. The summed E-state index contributed by atoms with van der Waals surface area (Å²) < 4.78 is 21.4. The van der Waals surface area contributed by atoms with Gasteiger partial charge in [-0.05, 0) is 326 Å². The van der Waals surface area contributed by atoms with Crippen molar-refractivity contribution in [2.24, 2.45) is 16.0 Å². The third-order valence-electron chi connectivity index (χ3n) is 23.8. The van der Waals surface area contributed by atoms with Crippen LogP contribution in [0.4, 0.5) is 60.8 Å². The van der Waals surface area contributed by atoms with Crippen molar-refractivity contribution in [2.75, 3.05) is 118 Å². The number of nitrogens with two attached hydrogens (primary N) is 2. The number of anilines is 9. The number of nitrogen functional groups attached to an aromatic ring is 1. The molecule has 722 valence electrons. The molecule has 8 aliphatic rings. The van der Waals surface area contributed by atoms with Gasteiger partial charge in [0.25, 0.3) is 0 Å². The fourth-order valence-corrected chi connectivity index (χ4v) is 16.9. The van der Waals surface area contributed by atoms with E-state index in [2.05, 4.69) is 63.6 Å². The number of aldehydes is 2. The average molecular weight is 1860 g/mol. The number of nitrogens with zero attached hydrogens (tertiary/aromatic N) is 13. The van der Waals surface area contributed by atoms with Crippen molar-refractivity contribution in [3.8, 4) is 35.5 Å². The molecule has 30 heteroatoms. The number of piperidine rings is 8. The van der Waals surface area contributed by atoms with Crippen molar-refractivity contribution in [1.29, 1.82) is 15.8 Å². The number of nitriles is 3. The van der Waals surface area contributed by atoms with Crippen LogP contribution in [0.2, 0.25) is 0 Å². The molecule has 16 rings (SSSR count). The van der Waals surface area contributed by atoms with Crippen molar-refractivity contribution in [1.82, 2.24) is 0 Å². The highest BCUT2D eigenvalue weighted by molar-refractivity contribution is 5.97. The molecule has 4 unspecified atom stereocenters. The zero-order valence-electron chi connectivity index (χ0n) is 78.3. The third kappa shape index (κ3) is 34.1. The first kappa shape index (κ1) is 107. The molecule has 0 saturated carbocycles. The molecule has 0 aliphatic carbocycles. The van der Waals surface area contributed by atoms with Crippen LogP contribution in [0.25, 0.3) is 0 Å². The molecule has 8 heterocycles. The highest BCUT2D eigenvalue weighted by Crippen LogP contribution is 2.34. The summed E-state index contributed by atoms with van der Waals surface area (Å²) in [4.78, 5) is 119. The molecule has 0 aromatic heterocycles. The lowest BCUT2D eigenvalue weighted by Gasteiger charge is -2.37. The molecule has 0 radical (unpaired) electrons. The number of hydrogen-bond donors (Lipinski definition) is 4. The van der Waals surface area contributed by atoms with Gasteiger partial charge in [0, 0.05) is 142 Å². The Morgan fingerprint density at radius 2 is 0.691 bits per heavy atom. The maximum atomic E-state index is 12.1. The van der Waals surface area contributed by atoms with E-state index < -0.39 is 18.1 Å². The van der Waals surface area contributed by atoms with Gasteiger partial charge in [-0.25, -0.2) is 9.59 Å². The number of rotatable bonds is 19. The number of phenolic OH excluding ortho intramolecular Hbond substituents is 1. The van der Waals surface area contributed by atoms with Crippen molar-refractivity contribution in [3.63, 3.8) is 0 Å². The number of carbonyl (C=O) groups excluding carboxylic acids is 9. The Hall–Kier alpha value is -14.2. The summed E-state index contributed by atoms with van der Waals surface area (Å²) in [5.74, 6) is 2.28. The van der Waals surface area contributed by atoms with E-state index in [0.717, 1.165) is 257 Å². The second-order valence-electron chi connectivity index (χ2n) is 34.2. The lowest BCUT2D eigenvalue weighted by molar-refractivity contribution is -0.120. The Morgan fingerprint density at radius 3 is 1.01 bits per heavy atom. The number of primary amides is 1. The topological polar surface area (TPSA) is 405 Å². The van der Waals surface area contributed by atoms with Crippen LogP contribution in [-0.2, 0) is 38.2 Å². The highest BCUT2D eigenvalue weighted by Gasteiger charge is 2.30. The quantitative estimate of drug-likeness (QED) is 0.0332. The Kier molecular flexibility index (Phi) is 45.2.